The Labute approximate surface area is 109 Å². The average Bonchev–Trinajstić information content (AvgIpc) is 3.23. The van der Waals surface area contributed by atoms with Gasteiger partial charge in [-0.2, -0.15) is 0 Å². The molecule has 0 bridgehead atoms. The first kappa shape index (κ1) is 13.3. The highest BCUT2D eigenvalue weighted by Gasteiger charge is 2.38. The second-order valence-corrected chi connectivity index (χ2v) is 4.66. The first-order chi connectivity index (χ1) is 8.81. The maximum Gasteiger partial charge on any atom is 0.142 e. The van der Waals surface area contributed by atoms with Gasteiger partial charge in [0, 0.05) is 13.3 Å². The van der Waals surface area contributed by atoms with Gasteiger partial charge in [-0.05, 0) is 37.4 Å². The van der Waals surface area contributed by atoms with Crippen LogP contribution in [0.2, 0.25) is 0 Å². The fourth-order valence-electron chi connectivity index (χ4n) is 2.42. The van der Waals surface area contributed by atoms with E-state index in [0.717, 1.165) is 18.0 Å². The number of methoxy groups -OCH3 is 2. The molecule has 1 aromatic rings. The number of nitrogens with one attached hydrogen (secondary N) is 1. The van der Waals surface area contributed by atoms with Crippen LogP contribution in [0.3, 0.4) is 0 Å². The molecule has 0 aliphatic heterocycles. The molecule has 1 aliphatic carbocycles. The second kappa shape index (κ2) is 6.16. The SMILES string of the molecule is CCNC(c1ncccc1OC)C(OC)C1CC1. The summed E-state index contributed by atoms with van der Waals surface area (Å²) in [5, 5.41) is 3.48. The van der Waals surface area contributed by atoms with E-state index in [0.29, 0.717) is 5.92 Å². The zero-order valence-electron chi connectivity index (χ0n) is 11.3. The predicted octanol–water partition coefficient (Wildman–Crippen LogP) is 2.17. The van der Waals surface area contributed by atoms with Crippen molar-refractivity contribution in [2.24, 2.45) is 5.92 Å². The molecule has 1 fully saturated rings. The summed E-state index contributed by atoms with van der Waals surface area (Å²) in [6.07, 6.45) is 4.47. The summed E-state index contributed by atoms with van der Waals surface area (Å²) in [5.41, 5.74) is 0.945. The van der Waals surface area contributed by atoms with E-state index in [2.05, 4.69) is 17.2 Å². The van der Waals surface area contributed by atoms with E-state index in [-0.39, 0.29) is 12.1 Å². The van der Waals surface area contributed by atoms with E-state index >= 15 is 0 Å². The molecule has 1 heterocycles. The first-order valence-electron chi connectivity index (χ1n) is 6.56. The highest BCUT2D eigenvalue weighted by atomic mass is 16.5. The number of aromatic nitrogens is 1. The second-order valence-electron chi connectivity index (χ2n) is 4.66. The third-order valence-electron chi connectivity index (χ3n) is 3.43. The molecule has 0 aromatic carbocycles. The van der Waals surface area contributed by atoms with Crippen molar-refractivity contribution >= 4 is 0 Å². The molecule has 18 heavy (non-hydrogen) atoms. The van der Waals surface area contributed by atoms with Crippen molar-refractivity contribution in [1.82, 2.24) is 10.3 Å². The highest BCUT2D eigenvalue weighted by Crippen LogP contribution is 2.40. The van der Waals surface area contributed by atoms with Crippen molar-refractivity contribution in [2.45, 2.75) is 31.9 Å². The lowest BCUT2D eigenvalue weighted by atomic mass is 10.0. The quantitative estimate of drug-likeness (QED) is 0.805. The van der Waals surface area contributed by atoms with Gasteiger partial charge in [-0.25, -0.2) is 0 Å². The molecule has 0 spiro atoms. The van der Waals surface area contributed by atoms with Gasteiger partial charge in [-0.3, -0.25) is 4.98 Å². The summed E-state index contributed by atoms with van der Waals surface area (Å²) >= 11 is 0. The van der Waals surface area contributed by atoms with Crippen LogP contribution in [0.25, 0.3) is 0 Å². The van der Waals surface area contributed by atoms with E-state index in [4.69, 9.17) is 9.47 Å². The topological polar surface area (TPSA) is 43.4 Å². The number of hydrogen-bond donors (Lipinski definition) is 1. The maximum absolute atomic E-state index is 5.68. The average molecular weight is 250 g/mol. The molecular weight excluding hydrogens is 228 g/mol. The normalized spacial score (nSPS) is 18.4. The van der Waals surface area contributed by atoms with Crippen LogP contribution < -0.4 is 10.1 Å². The van der Waals surface area contributed by atoms with Crippen LogP contribution >= 0.6 is 0 Å². The maximum atomic E-state index is 5.68. The Bertz CT molecular complexity index is 380. The molecule has 0 amide bonds. The van der Waals surface area contributed by atoms with E-state index < -0.39 is 0 Å². The van der Waals surface area contributed by atoms with Gasteiger partial charge >= 0.3 is 0 Å². The Kier molecular flexibility index (Phi) is 4.55. The van der Waals surface area contributed by atoms with Crippen LogP contribution in [-0.2, 0) is 4.74 Å². The van der Waals surface area contributed by atoms with Crippen molar-refractivity contribution in [2.75, 3.05) is 20.8 Å². The first-order valence-corrected chi connectivity index (χ1v) is 6.56. The van der Waals surface area contributed by atoms with Gasteiger partial charge in [0.2, 0.25) is 0 Å². The molecule has 100 valence electrons. The van der Waals surface area contributed by atoms with Gasteiger partial charge in [0.05, 0.1) is 19.3 Å². The Morgan fingerprint density at radius 2 is 2.22 bits per heavy atom. The van der Waals surface area contributed by atoms with Crippen LogP contribution in [0.4, 0.5) is 0 Å². The van der Waals surface area contributed by atoms with Crippen LogP contribution in [0.5, 0.6) is 5.75 Å². The van der Waals surface area contributed by atoms with Crippen molar-refractivity contribution in [1.29, 1.82) is 0 Å². The van der Waals surface area contributed by atoms with Gasteiger partial charge in [-0.1, -0.05) is 6.92 Å². The number of hydrogen-bond acceptors (Lipinski definition) is 4. The highest BCUT2D eigenvalue weighted by molar-refractivity contribution is 5.30. The monoisotopic (exact) mass is 250 g/mol. The van der Waals surface area contributed by atoms with Gasteiger partial charge in [0.25, 0.3) is 0 Å². The molecule has 4 nitrogen and oxygen atoms in total. The number of likely N-dealkylation sites (N-methyl/N-ethyl adjacent to an activating group) is 1. The van der Waals surface area contributed by atoms with Gasteiger partial charge in [0.1, 0.15) is 11.4 Å². The predicted molar refractivity (Wildman–Crippen MR) is 70.7 cm³/mol. The van der Waals surface area contributed by atoms with Gasteiger partial charge < -0.3 is 14.8 Å². The van der Waals surface area contributed by atoms with E-state index in [1.807, 2.05) is 18.3 Å². The van der Waals surface area contributed by atoms with Crippen LogP contribution in [0.15, 0.2) is 18.3 Å². The molecule has 2 atom stereocenters. The fourth-order valence-corrected chi connectivity index (χ4v) is 2.42. The van der Waals surface area contributed by atoms with Crippen molar-refractivity contribution in [3.63, 3.8) is 0 Å². The lowest BCUT2D eigenvalue weighted by Gasteiger charge is -2.27. The molecule has 4 heteroatoms. The molecule has 1 aliphatic rings. The third-order valence-corrected chi connectivity index (χ3v) is 3.43. The van der Waals surface area contributed by atoms with Gasteiger partial charge in [0.15, 0.2) is 0 Å². The zero-order valence-corrected chi connectivity index (χ0v) is 11.3. The minimum atomic E-state index is 0.101. The van der Waals surface area contributed by atoms with Crippen LogP contribution in [0, 0.1) is 5.92 Å². The van der Waals surface area contributed by atoms with Crippen LogP contribution in [0.1, 0.15) is 31.5 Å². The van der Waals surface area contributed by atoms with Crippen molar-refractivity contribution in [3.8, 4) is 5.75 Å². The number of pyridine rings is 1. The molecular formula is C14H22N2O2. The molecule has 0 radical (unpaired) electrons. The summed E-state index contributed by atoms with van der Waals surface area (Å²) in [6, 6.07) is 3.94. The lowest BCUT2D eigenvalue weighted by Crippen LogP contribution is -2.35. The third kappa shape index (κ3) is 2.82. The Balaban J connectivity index is 2.27. The minimum Gasteiger partial charge on any atom is -0.495 e. The van der Waals surface area contributed by atoms with Gasteiger partial charge in [-0.15, -0.1) is 0 Å². The van der Waals surface area contributed by atoms with E-state index in [9.17, 15) is 0 Å². The smallest absolute Gasteiger partial charge is 0.142 e. The Morgan fingerprint density at radius 1 is 1.44 bits per heavy atom. The Hall–Kier alpha value is -1.13. The standard InChI is InChI=1S/C14H22N2O2/c1-4-15-13(14(18-3)10-7-8-10)12-11(17-2)6-5-9-16-12/h5-6,9-10,13-15H,4,7-8H2,1-3H3. The minimum absolute atomic E-state index is 0.101. The largest absolute Gasteiger partial charge is 0.495 e. The number of ether oxygens (including phenoxy) is 2. The summed E-state index contributed by atoms with van der Waals surface area (Å²) in [6.45, 7) is 2.99. The summed E-state index contributed by atoms with van der Waals surface area (Å²) < 4.78 is 11.1. The number of nitrogens with zero attached hydrogens (tertiary/aromatic N) is 1. The van der Waals surface area contributed by atoms with Crippen molar-refractivity contribution < 1.29 is 9.47 Å². The Morgan fingerprint density at radius 3 is 2.78 bits per heavy atom. The van der Waals surface area contributed by atoms with E-state index in [1.54, 1.807) is 14.2 Å². The molecule has 2 rings (SSSR count). The van der Waals surface area contributed by atoms with Crippen LogP contribution in [-0.4, -0.2) is 31.9 Å². The summed E-state index contributed by atoms with van der Waals surface area (Å²) in [5.74, 6) is 1.47. The molecule has 1 aromatic heterocycles. The lowest BCUT2D eigenvalue weighted by molar-refractivity contribution is 0.0491. The summed E-state index contributed by atoms with van der Waals surface area (Å²) in [7, 11) is 3.46. The number of rotatable bonds is 7. The molecule has 2 unspecified atom stereocenters. The fraction of sp³-hybridized carbons (Fsp3) is 0.643. The molecule has 1 saturated carbocycles. The summed E-state index contributed by atoms with van der Waals surface area (Å²) in [4.78, 5) is 4.48. The molecule has 0 saturated heterocycles. The zero-order chi connectivity index (χ0) is 13.0. The van der Waals surface area contributed by atoms with Crippen molar-refractivity contribution in [3.05, 3.63) is 24.0 Å². The van der Waals surface area contributed by atoms with E-state index in [1.165, 1.54) is 12.8 Å². The molecule has 1 N–H and O–H groups in total.